The number of nitrogens with one attached hydrogen (secondary N) is 1. The van der Waals surface area contributed by atoms with Gasteiger partial charge in [0.25, 0.3) is 11.8 Å². The number of primary amides is 1. The molecule has 1 fully saturated rings. The molecule has 0 spiro atoms. The molecule has 0 unspecified atom stereocenters. The summed E-state index contributed by atoms with van der Waals surface area (Å²) in [4.78, 5) is 25.9. The molecule has 148 valence electrons. The Balaban J connectivity index is 1.43. The molecular formula is C22H27N3O3. The van der Waals surface area contributed by atoms with Crippen LogP contribution in [-0.4, -0.2) is 36.4 Å². The van der Waals surface area contributed by atoms with E-state index in [9.17, 15) is 9.59 Å². The molecule has 3 rings (SSSR count). The predicted molar refractivity (Wildman–Crippen MR) is 108 cm³/mol. The van der Waals surface area contributed by atoms with Gasteiger partial charge in [0.05, 0.1) is 5.56 Å². The van der Waals surface area contributed by atoms with Crippen molar-refractivity contribution in [2.24, 2.45) is 5.73 Å². The number of nitrogens with two attached hydrogens (primary N) is 1. The average Bonchev–Trinajstić information content (AvgIpc) is 2.72. The smallest absolute Gasteiger partial charge is 0.258 e. The van der Waals surface area contributed by atoms with Crippen LogP contribution in [0.3, 0.4) is 0 Å². The fraction of sp³-hybridized carbons (Fsp3) is 0.364. The molecule has 1 saturated heterocycles. The molecule has 0 atom stereocenters. The van der Waals surface area contributed by atoms with E-state index in [0.29, 0.717) is 12.3 Å². The van der Waals surface area contributed by atoms with Crippen LogP contribution < -0.4 is 15.8 Å². The van der Waals surface area contributed by atoms with Crippen molar-refractivity contribution in [3.63, 3.8) is 0 Å². The van der Waals surface area contributed by atoms with Gasteiger partial charge in [0.2, 0.25) is 0 Å². The fourth-order valence-electron chi connectivity index (χ4n) is 3.33. The van der Waals surface area contributed by atoms with Gasteiger partial charge in [-0.15, -0.1) is 0 Å². The Labute approximate surface area is 165 Å². The molecule has 0 radical (unpaired) electrons. The van der Waals surface area contributed by atoms with Gasteiger partial charge in [0, 0.05) is 13.1 Å². The molecule has 28 heavy (non-hydrogen) atoms. The quantitative estimate of drug-likeness (QED) is 0.736. The molecule has 1 aliphatic rings. The monoisotopic (exact) mass is 381 g/mol. The standard InChI is InChI=1S/C22H27N3O3/c23-22(27)19-6-2-3-7-20(19)28-16-21(26)24-14-17-8-10-18(11-9-17)15-25-12-4-1-5-13-25/h2-3,6-11H,1,4-5,12-16H2,(H2,23,27)(H,24,26). The number of carbonyl (C=O) groups is 2. The highest BCUT2D eigenvalue weighted by Gasteiger charge is 2.11. The second kappa shape index (κ2) is 9.90. The van der Waals surface area contributed by atoms with E-state index >= 15 is 0 Å². The van der Waals surface area contributed by atoms with E-state index in [4.69, 9.17) is 10.5 Å². The summed E-state index contributed by atoms with van der Waals surface area (Å²) in [7, 11) is 0. The van der Waals surface area contributed by atoms with Gasteiger partial charge < -0.3 is 15.8 Å². The number of hydrogen-bond acceptors (Lipinski definition) is 4. The predicted octanol–water partition coefficient (Wildman–Crippen LogP) is 2.47. The summed E-state index contributed by atoms with van der Waals surface area (Å²) >= 11 is 0. The van der Waals surface area contributed by atoms with Crippen molar-refractivity contribution >= 4 is 11.8 Å². The van der Waals surface area contributed by atoms with Crippen molar-refractivity contribution < 1.29 is 14.3 Å². The fourth-order valence-corrected chi connectivity index (χ4v) is 3.33. The normalized spacial score (nSPS) is 14.4. The van der Waals surface area contributed by atoms with Crippen LogP contribution in [0.15, 0.2) is 48.5 Å². The molecule has 2 aromatic rings. The Bertz CT molecular complexity index is 799. The maximum absolute atomic E-state index is 12.0. The maximum atomic E-state index is 12.0. The summed E-state index contributed by atoms with van der Waals surface area (Å²) in [5.41, 5.74) is 7.90. The number of hydrogen-bond donors (Lipinski definition) is 2. The number of para-hydroxylation sites is 1. The molecular weight excluding hydrogens is 354 g/mol. The minimum absolute atomic E-state index is 0.169. The van der Waals surface area contributed by atoms with Crippen LogP contribution in [0.5, 0.6) is 5.75 Å². The van der Waals surface area contributed by atoms with E-state index in [1.807, 2.05) is 12.1 Å². The Hall–Kier alpha value is -2.86. The highest BCUT2D eigenvalue weighted by atomic mass is 16.5. The molecule has 2 amide bonds. The number of carbonyl (C=O) groups excluding carboxylic acids is 2. The lowest BCUT2D eigenvalue weighted by Gasteiger charge is -2.26. The van der Waals surface area contributed by atoms with Crippen LogP contribution in [0.4, 0.5) is 0 Å². The van der Waals surface area contributed by atoms with E-state index in [1.165, 1.54) is 37.9 Å². The molecule has 6 nitrogen and oxygen atoms in total. The Morgan fingerprint density at radius 3 is 2.36 bits per heavy atom. The van der Waals surface area contributed by atoms with E-state index < -0.39 is 5.91 Å². The third-order valence-electron chi connectivity index (χ3n) is 4.88. The number of nitrogens with zero attached hydrogens (tertiary/aromatic N) is 1. The zero-order valence-corrected chi connectivity index (χ0v) is 16.0. The van der Waals surface area contributed by atoms with Crippen molar-refractivity contribution in [1.82, 2.24) is 10.2 Å². The number of ether oxygens (including phenoxy) is 1. The minimum atomic E-state index is -0.583. The summed E-state index contributed by atoms with van der Waals surface area (Å²) < 4.78 is 5.43. The van der Waals surface area contributed by atoms with Gasteiger partial charge in [0.1, 0.15) is 5.75 Å². The van der Waals surface area contributed by atoms with Crippen molar-refractivity contribution in [2.45, 2.75) is 32.4 Å². The zero-order chi connectivity index (χ0) is 19.8. The van der Waals surface area contributed by atoms with Gasteiger partial charge >= 0.3 is 0 Å². The van der Waals surface area contributed by atoms with Gasteiger partial charge in [-0.2, -0.15) is 0 Å². The van der Waals surface area contributed by atoms with E-state index in [0.717, 1.165) is 12.1 Å². The molecule has 3 N–H and O–H groups in total. The highest BCUT2D eigenvalue weighted by Crippen LogP contribution is 2.17. The molecule has 1 heterocycles. The first kappa shape index (κ1) is 19.9. The van der Waals surface area contributed by atoms with Crippen LogP contribution in [0.25, 0.3) is 0 Å². The zero-order valence-electron chi connectivity index (χ0n) is 16.0. The summed E-state index contributed by atoms with van der Waals surface area (Å²) in [6.45, 7) is 3.61. The summed E-state index contributed by atoms with van der Waals surface area (Å²) in [6.07, 6.45) is 3.92. The topological polar surface area (TPSA) is 84.7 Å². The SMILES string of the molecule is NC(=O)c1ccccc1OCC(=O)NCc1ccc(CN2CCCCC2)cc1. The van der Waals surface area contributed by atoms with Crippen LogP contribution in [0.2, 0.25) is 0 Å². The van der Waals surface area contributed by atoms with Crippen LogP contribution in [-0.2, 0) is 17.9 Å². The first-order valence-corrected chi connectivity index (χ1v) is 9.70. The van der Waals surface area contributed by atoms with Gasteiger partial charge in [-0.1, -0.05) is 42.8 Å². The molecule has 1 aliphatic heterocycles. The number of benzene rings is 2. The van der Waals surface area contributed by atoms with Gasteiger partial charge in [-0.05, 0) is 49.2 Å². The lowest BCUT2D eigenvalue weighted by molar-refractivity contribution is -0.123. The van der Waals surface area contributed by atoms with Crippen LogP contribution in [0.1, 0.15) is 40.7 Å². The second-order valence-corrected chi connectivity index (χ2v) is 7.08. The van der Waals surface area contributed by atoms with Gasteiger partial charge in [0.15, 0.2) is 6.61 Å². The van der Waals surface area contributed by atoms with Crippen molar-refractivity contribution in [2.75, 3.05) is 19.7 Å². The van der Waals surface area contributed by atoms with Crippen LogP contribution in [0, 0.1) is 0 Å². The molecule has 0 saturated carbocycles. The largest absolute Gasteiger partial charge is 0.483 e. The summed E-state index contributed by atoms with van der Waals surface area (Å²) in [5, 5.41) is 2.83. The van der Waals surface area contributed by atoms with E-state index in [-0.39, 0.29) is 18.1 Å². The lowest BCUT2D eigenvalue weighted by atomic mass is 10.1. The number of piperidine rings is 1. The Morgan fingerprint density at radius 2 is 1.64 bits per heavy atom. The van der Waals surface area contributed by atoms with Crippen LogP contribution >= 0.6 is 0 Å². The molecule has 0 bridgehead atoms. The van der Waals surface area contributed by atoms with Gasteiger partial charge in [-0.3, -0.25) is 14.5 Å². The Morgan fingerprint density at radius 1 is 0.964 bits per heavy atom. The molecule has 2 aromatic carbocycles. The first-order chi connectivity index (χ1) is 13.6. The Kier molecular flexibility index (Phi) is 7.03. The van der Waals surface area contributed by atoms with Gasteiger partial charge in [-0.25, -0.2) is 0 Å². The number of likely N-dealkylation sites (tertiary alicyclic amines) is 1. The van der Waals surface area contributed by atoms with Crippen molar-refractivity contribution in [3.05, 3.63) is 65.2 Å². The first-order valence-electron chi connectivity index (χ1n) is 9.70. The lowest BCUT2D eigenvalue weighted by Crippen LogP contribution is -2.29. The minimum Gasteiger partial charge on any atom is -0.483 e. The second-order valence-electron chi connectivity index (χ2n) is 7.08. The molecule has 0 aromatic heterocycles. The maximum Gasteiger partial charge on any atom is 0.258 e. The van der Waals surface area contributed by atoms with E-state index in [1.54, 1.807) is 24.3 Å². The van der Waals surface area contributed by atoms with Crippen molar-refractivity contribution in [1.29, 1.82) is 0 Å². The third-order valence-corrected chi connectivity index (χ3v) is 4.88. The number of rotatable bonds is 8. The summed E-state index contributed by atoms with van der Waals surface area (Å²) in [6, 6.07) is 14.9. The van der Waals surface area contributed by atoms with Crippen molar-refractivity contribution in [3.8, 4) is 5.75 Å². The number of amides is 2. The average molecular weight is 381 g/mol. The highest BCUT2D eigenvalue weighted by molar-refractivity contribution is 5.95. The van der Waals surface area contributed by atoms with E-state index in [2.05, 4.69) is 22.3 Å². The molecule has 0 aliphatic carbocycles. The molecule has 6 heteroatoms. The summed E-state index contributed by atoms with van der Waals surface area (Å²) in [5.74, 6) is -0.524. The third kappa shape index (κ3) is 5.82.